The van der Waals surface area contributed by atoms with Crippen molar-refractivity contribution in [1.82, 2.24) is 0 Å². The molecule has 0 amide bonds. The highest BCUT2D eigenvalue weighted by molar-refractivity contribution is 5.79. The van der Waals surface area contributed by atoms with Crippen LogP contribution in [0.15, 0.2) is 0 Å². The monoisotopic (exact) mass is 144 g/mol. The van der Waals surface area contributed by atoms with Crippen molar-refractivity contribution in [3.05, 3.63) is 0 Å². The Morgan fingerprint density at radius 2 is 2.10 bits per heavy atom. The van der Waals surface area contributed by atoms with E-state index < -0.39 is 11.5 Å². The lowest BCUT2D eigenvalue weighted by Gasteiger charge is -2.16. The zero-order chi connectivity index (χ0) is 7.94. The lowest BCUT2D eigenvalue weighted by atomic mass is 9.87. The lowest BCUT2D eigenvalue weighted by Crippen LogP contribution is -2.32. The second-order valence-corrected chi connectivity index (χ2v) is 3.28. The van der Waals surface area contributed by atoms with Gasteiger partial charge in [-0.2, -0.15) is 0 Å². The van der Waals surface area contributed by atoms with Gasteiger partial charge in [0.15, 0.2) is 0 Å². The Morgan fingerprint density at radius 3 is 2.20 bits per heavy atom. The Hall–Kier alpha value is -0.570. The van der Waals surface area contributed by atoms with Crippen molar-refractivity contribution >= 4 is 5.97 Å². The minimum Gasteiger partial charge on any atom is -0.459 e. The maximum Gasteiger partial charge on any atom is 0.314 e. The topological polar surface area (TPSA) is 46.5 Å². The average molecular weight is 144 g/mol. The molecule has 0 aromatic carbocycles. The standard InChI is InChI=1S/C7H12O3/c1-4-5(8)7(2,3)6(9)10-4/h4-5,8H,1-3H3/t4-,5-/m0/s1. The van der Waals surface area contributed by atoms with Gasteiger partial charge in [-0.25, -0.2) is 0 Å². The van der Waals surface area contributed by atoms with Gasteiger partial charge in [0.1, 0.15) is 12.2 Å². The Balaban J connectivity index is 2.85. The molecule has 0 unspecified atom stereocenters. The third kappa shape index (κ3) is 0.814. The van der Waals surface area contributed by atoms with E-state index in [0.717, 1.165) is 0 Å². The Kier molecular flexibility index (Phi) is 1.47. The van der Waals surface area contributed by atoms with Crippen molar-refractivity contribution in [2.45, 2.75) is 33.0 Å². The van der Waals surface area contributed by atoms with Crippen LogP contribution in [0.2, 0.25) is 0 Å². The molecule has 0 aliphatic carbocycles. The van der Waals surface area contributed by atoms with Crippen molar-refractivity contribution in [2.75, 3.05) is 0 Å². The van der Waals surface area contributed by atoms with E-state index in [0.29, 0.717) is 0 Å². The quantitative estimate of drug-likeness (QED) is 0.498. The van der Waals surface area contributed by atoms with Crippen molar-refractivity contribution in [3.8, 4) is 0 Å². The normalized spacial score (nSPS) is 37.8. The number of carbonyl (C=O) groups is 1. The van der Waals surface area contributed by atoms with Gasteiger partial charge < -0.3 is 9.84 Å². The first kappa shape index (κ1) is 7.54. The molecule has 1 aliphatic rings. The number of esters is 1. The van der Waals surface area contributed by atoms with Crippen LogP contribution in [0.1, 0.15) is 20.8 Å². The zero-order valence-electron chi connectivity index (χ0n) is 6.42. The molecule has 1 fully saturated rings. The molecule has 3 heteroatoms. The fraction of sp³-hybridized carbons (Fsp3) is 0.857. The van der Waals surface area contributed by atoms with E-state index in [4.69, 9.17) is 4.74 Å². The number of ether oxygens (including phenoxy) is 1. The highest BCUT2D eigenvalue weighted by Crippen LogP contribution is 2.32. The first-order valence-corrected chi connectivity index (χ1v) is 3.35. The molecular formula is C7H12O3. The maximum absolute atomic E-state index is 10.9. The summed E-state index contributed by atoms with van der Waals surface area (Å²) in [7, 11) is 0. The second-order valence-electron chi connectivity index (χ2n) is 3.28. The van der Waals surface area contributed by atoms with E-state index in [1.165, 1.54) is 0 Å². The number of carbonyl (C=O) groups excluding carboxylic acids is 1. The van der Waals surface area contributed by atoms with Crippen LogP contribution in [0.3, 0.4) is 0 Å². The van der Waals surface area contributed by atoms with Gasteiger partial charge in [0.25, 0.3) is 0 Å². The molecule has 0 radical (unpaired) electrons. The minimum absolute atomic E-state index is 0.312. The Labute approximate surface area is 60.0 Å². The largest absolute Gasteiger partial charge is 0.459 e. The summed E-state index contributed by atoms with van der Waals surface area (Å²) in [6.45, 7) is 5.06. The van der Waals surface area contributed by atoms with Gasteiger partial charge in [-0.1, -0.05) is 0 Å². The van der Waals surface area contributed by atoms with Crippen molar-refractivity contribution in [3.63, 3.8) is 0 Å². The van der Waals surface area contributed by atoms with E-state index in [-0.39, 0.29) is 12.1 Å². The van der Waals surface area contributed by atoms with Gasteiger partial charge in [0.05, 0.1) is 5.41 Å². The van der Waals surface area contributed by atoms with Crippen LogP contribution in [-0.4, -0.2) is 23.3 Å². The number of hydrogen-bond acceptors (Lipinski definition) is 3. The van der Waals surface area contributed by atoms with Gasteiger partial charge in [0, 0.05) is 0 Å². The summed E-state index contributed by atoms with van der Waals surface area (Å²) in [5, 5.41) is 9.35. The first-order valence-electron chi connectivity index (χ1n) is 3.35. The molecule has 58 valence electrons. The number of cyclic esters (lactones) is 1. The van der Waals surface area contributed by atoms with E-state index in [9.17, 15) is 9.90 Å². The summed E-state index contributed by atoms with van der Waals surface area (Å²) in [6, 6.07) is 0. The molecule has 0 bridgehead atoms. The molecular weight excluding hydrogens is 132 g/mol. The summed E-state index contributed by atoms with van der Waals surface area (Å²) >= 11 is 0. The lowest BCUT2D eigenvalue weighted by molar-refractivity contribution is -0.147. The van der Waals surface area contributed by atoms with Crippen LogP contribution in [0, 0.1) is 5.41 Å². The second kappa shape index (κ2) is 1.95. The number of rotatable bonds is 0. The molecule has 1 rings (SSSR count). The number of aliphatic hydroxyl groups excluding tert-OH is 1. The minimum atomic E-state index is -0.723. The predicted molar refractivity (Wildman–Crippen MR) is 35.3 cm³/mol. The molecule has 0 spiro atoms. The van der Waals surface area contributed by atoms with E-state index in [2.05, 4.69) is 0 Å². The van der Waals surface area contributed by atoms with Crippen LogP contribution < -0.4 is 0 Å². The molecule has 0 aromatic heterocycles. The molecule has 1 aliphatic heterocycles. The molecule has 0 aromatic rings. The van der Waals surface area contributed by atoms with E-state index >= 15 is 0 Å². The van der Waals surface area contributed by atoms with E-state index in [1.54, 1.807) is 20.8 Å². The van der Waals surface area contributed by atoms with Gasteiger partial charge in [-0.05, 0) is 20.8 Å². The van der Waals surface area contributed by atoms with Gasteiger partial charge in [-0.3, -0.25) is 4.79 Å². The van der Waals surface area contributed by atoms with Crippen LogP contribution in [0.5, 0.6) is 0 Å². The van der Waals surface area contributed by atoms with Gasteiger partial charge in [-0.15, -0.1) is 0 Å². The molecule has 2 atom stereocenters. The third-order valence-corrected chi connectivity index (χ3v) is 2.00. The third-order valence-electron chi connectivity index (χ3n) is 2.00. The Morgan fingerprint density at radius 1 is 1.60 bits per heavy atom. The molecule has 1 saturated heterocycles. The molecule has 1 heterocycles. The fourth-order valence-electron chi connectivity index (χ4n) is 1.09. The van der Waals surface area contributed by atoms with E-state index in [1.807, 2.05) is 0 Å². The Bertz CT molecular complexity index is 162. The molecule has 3 nitrogen and oxygen atoms in total. The predicted octanol–water partition coefficient (Wildman–Crippen LogP) is 0.319. The summed E-state index contributed by atoms with van der Waals surface area (Å²) < 4.78 is 4.80. The molecule has 10 heavy (non-hydrogen) atoms. The summed E-state index contributed by atoms with van der Waals surface area (Å²) in [5.74, 6) is -0.312. The van der Waals surface area contributed by atoms with Crippen molar-refractivity contribution in [2.24, 2.45) is 5.41 Å². The average Bonchev–Trinajstić information content (AvgIpc) is 1.97. The fourth-order valence-corrected chi connectivity index (χ4v) is 1.09. The summed E-state index contributed by atoms with van der Waals surface area (Å²) in [5.41, 5.74) is -0.723. The van der Waals surface area contributed by atoms with Crippen LogP contribution in [0.25, 0.3) is 0 Å². The van der Waals surface area contributed by atoms with Crippen molar-refractivity contribution in [1.29, 1.82) is 0 Å². The van der Waals surface area contributed by atoms with Crippen LogP contribution >= 0.6 is 0 Å². The summed E-state index contributed by atoms with van der Waals surface area (Å²) in [6.07, 6.45) is -1.03. The number of hydrogen-bond donors (Lipinski definition) is 1. The summed E-state index contributed by atoms with van der Waals surface area (Å²) in [4.78, 5) is 10.9. The van der Waals surface area contributed by atoms with Crippen LogP contribution in [-0.2, 0) is 9.53 Å². The number of aliphatic hydroxyl groups is 1. The zero-order valence-corrected chi connectivity index (χ0v) is 6.42. The van der Waals surface area contributed by atoms with Gasteiger partial charge in [0.2, 0.25) is 0 Å². The highest BCUT2D eigenvalue weighted by Gasteiger charge is 2.48. The molecule has 0 saturated carbocycles. The first-order chi connectivity index (χ1) is 4.46. The SMILES string of the molecule is C[C@@H]1OC(=O)C(C)(C)[C@H]1O. The smallest absolute Gasteiger partial charge is 0.314 e. The maximum atomic E-state index is 10.9. The van der Waals surface area contributed by atoms with Crippen LogP contribution in [0.4, 0.5) is 0 Å². The van der Waals surface area contributed by atoms with Crippen molar-refractivity contribution < 1.29 is 14.6 Å². The van der Waals surface area contributed by atoms with Gasteiger partial charge >= 0.3 is 5.97 Å². The molecule has 1 N–H and O–H groups in total. The highest BCUT2D eigenvalue weighted by atomic mass is 16.6.